The maximum absolute atomic E-state index is 11.7. The highest BCUT2D eigenvalue weighted by atomic mass is 35.5. The van der Waals surface area contributed by atoms with Crippen molar-refractivity contribution in [3.05, 3.63) is 34.0 Å². The number of hydrogen-bond acceptors (Lipinski definition) is 4. The number of ether oxygens (including phenoxy) is 1. The molecule has 18 heavy (non-hydrogen) atoms. The molecule has 0 saturated carbocycles. The van der Waals surface area contributed by atoms with Crippen LogP contribution >= 0.6 is 11.6 Å². The standard InChI is InChI=1S/C13H11ClO4/c1-3-17-13(16)12-7(2)10-9(18-12)5-4-8(6-15)11(10)14/h4-6H,3H2,1-2H3. The monoisotopic (exact) mass is 266 g/mol. The summed E-state index contributed by atoms with van der Waals surface area (Å²) in [4.78, 5) is 22.5. The van der Waals surface area contributed by atoms with Gasteiger partial charge in [0.1, 0.15) is 5.58 Å². The maximum atomic E-state index is 11.7. The van der Waals surface area contributed by atoms with Gasteiger partial charge in [-0.2, -0.15) is 0 Å². The largest absolute Gasteiger partial charge is 0.460 e. The summed E-state index contributed by atoms with van der Waals surface area (Å²) >= 11 is 6.10. The number of esters is 1. The van der Waals surface area contributed by atoms with Crippen LogP contribution in [0.25, 0.3) is 11.0 Å². The van der Waals surface area contributed by atoms with Crippen LogP contribution in [0.3, 0.4) is 0 Å². The normalized spacial score (nSPS) is 10.6. The number of aryl methyl sites for hydroxylation is 1. The molecule has 0 bridgehead atoms. The van der Waals surface area contributed by atoms with E-state index < -0.39 is 5.97 Å². The van der Waals surface area contributed by atoms with Crippen LogP contribution in [0, 0.1) is 6.92 Å². The first-order valence-corrected chi connectivity index (χ1v) is 5.81. The molecule has 1 heterocycles. The molecule has 0 spiro atoms. The Bertz CT molecular complexity index is 627. The second-order valence-corrected chi connectivity index (χ2v) is 4.11. The summed E-state index contributed by atoms with van der Waals surface area (Å²) in [6.45, 7) is 3.69. The Morgan fingerprint density at radius 3 is 2.83 bits per heavy atom. The minimum atomic E-state index is -0.532. The van der Waals surface area contributed by atoms with Gasteiger partial charge in [-0.1, -0.05) is 11.6 Å². The maximum Gasteiger partial charge on any atom is 0.374 e. The molecule has 0 aliphatic carbocycles. The number of rotatable bonds is 3. The van der Waals surface area contributed by atoms with E-state index in [1.54, 1.807) is 26.0 Å². The van der Waals surface area contributed by atoms with Crippen LogP contribution in [0.15, 0.2) is 16.5 Å². The highest BCUT2D eigenvalue weighted by Crippen LogP contribution is 2.33. The molecule has 2 rings (SSSR count). The topological polar surface area (TPSA) is 56.5 Å². The van der Waals surface area contributed by atoms with Crippen molar-refractivity contribution in [3.8, 4) is 0 Å². The van der Waals surface area contributed by atoms with E-state index in [9.17, 15) is 9.59 Å². The van der Waals surface area contributed by atoms with Crippen molar-refractivity contribution in [1.29, 1.82) is 0 Å². The summed E-state index contributed by atoms with van der Waals surface area (Å²) in [6, 6.07) is 3.16. The van der Waals surface area contributed by atoms with Crippen LogP contribution in [-0.4, -0.2) is 18.9 Å². The fourth-order valence-electron chi connectivity index (χ4n) is 1.79. The fraction of sp³-hybridized carbons (Fsp3) is 0.231. The molecule has 1 aromatic carbocycles. The van der Waals surface area contributed by atoms with Crippen molar-refractivity contribution in [1.82, 2.24) is 0 Å². The molecule has 0 fully saturated rings. The summed E-state index contributed by atoms with van der Waals surface area (Å²) in [5, 5.41) is 0.864. The van der Waals surface area contributed by atoms with Crippen LogP contribution in [-0.2, 0) is 4.74 Å². The number of carbonyl (C=O) groups is 2. The van der Waals surface area contributed by atoms with E-state index in [0.717, 1.165) is 0 Å². The molecule has 94 valence electrons. The summed E-state index contributed by atoms with van der Waals surface area (Å²) in [5.41, 5.74) is 1.41. The molecule has 0 atom stereocenters. The smallest absolute Gasteiger partial charge is 0.374 e. The summed E-state index contributed by atoms with van der Waals surface area (Å²) in [6.07, 6.45) is 0.665. The number of benzene rings is 1. The van der Waals surface area contributed by atoms with Gasteiger partial charge < -0.3 is 9.15 Å². The van der Waals surface area contributed by atoms with Gasteiger partial charge in [0.15, 0.2) is 6.29 Å². The lowest BCUT2D eigenvalue weighted by atomic mass is 10.1. The number of hydrogen-bond donors (Lipinski definition) is 0. The van der Waals surface area contributed by atoms with Gasteiger partial charge in [0.2, 0.25) is 5.76 Å². The Balaban J connectivity index is 2.67. The van der Waals surface area contributed by atoms with Gasteiger partial charge in [0.05, 0.1) is 11.6 Å². The molecule has 1 aromatic heterocycles. The zero-order valence-electron chi connectivity index (χ0n) is 9.95. The molecule has 5 heteroatoms. The fourth-order valence-corrected chi connectivity index (χ4v) is 2.13. The molecule has 0 aliphatic heterocycles. The van der Waals surface area contributed by atoms with Crippen LogP contribution in [0.5, 0.6) is 0 Å². The molecule has 0 N–H and O–H groups in total. The van der Waals surface area contributed by atoms with Gasteiger partial charge in [-0.15, -0.1) is 0 Å². The van der Waals surface area contributed by atoms with E-state index >= 15 is 0 Å². The number of halogens is 1. The average molecular weight is 267 g/mol. The third kappa shape index (κ3) is 1.88. The van der Waals surface area contributed by atoms with Crippen molar-refractivity contribution >= 4 is 34.8 Å². The number of fused-ring (bicyclic) bond motifs is 1. The van der Waals surface area contributed by atoms with Crippen LogP contribution in [0.1, 0.15) is 33.4 Å². The Morgan fingerprint density at radius 2 is 2.22 bits per heavy atom. The minimum Gasteiger partial charge on any atom is -0.460 e. The molecule has 2 aromatic rings. The highest BCUT2D eigenvalue weighted by Gasteiger charge is 2.21. The zero-order valence-corrected chi connectivity index (χ0v) is 10.7. The second-order valence-electron chi connectivity index (χ2n) is 3.74. The van der Waals surface area contributed by atoms with E-state index in [1.807, 2.05) is 0 Å². The molecule has 0 unspecified atom stereocenters. The lowest BCUT2D eigenvalue weighted by molar-refractivity contribution is 0.0491. The Labute approximate surface area is 108 Å². The average Bonchev–Trinajstić information content (AvgIpc) is 2.68. The molecular weight excluding hydrogens is 256 g/mol. The van der Waals surface area contributed by atoms with Crippen molar-refractivity contribution in [2.24, 2.45) is 0 Å². The van der Waals surface area contributed by atoms with E-state index in [0.29, 0.717) is 33.4 Å². The van der Waals surface area contributed by atoms with Crippen molar-refractivity contribution in [3.63, 3.8) is 0 Å². The SMILES string of the molecule is CCOC(=O)c1oc2ccc(C=O)c(Cl)c2c1C. The van der Waals surface area contributed by atoms with E-state index in [-0.39, 0.29) is 12.4 Å². The van der Waals surface area contributed by atoms with Gasteiger partial charge >= 0.3 is 5.97 Å². The second kappa shape index (κ2) is 4.82. The first kappa shape index (κ1) is 12.6. The molecule has 0 saturated heterocycles. The quantitative estimate of drug-likeness (QED) is 0.631. The zero-order chi connectivity index (χ0) is 13.3. The van der Waals surface area contributed by atoms with Crippen molar-refractivity contribution < 1.29 is 18.7 Å². The Kier molecular flexibility index (Phi) is 3.39. The highest BCUT2D eigenvalue weighted by molar-refractivity contribution is 6.38. The third-order valence-electron chi connectivity index (χ3n) is 2.65. The summed E-state index contributed by atoms with van der Waals surface area (Å²) < 4.78 is 10.3. The van der Waals surface area contributed by atoms with Crippen molar-refractivity contribution in [2.45, 2.75) is 13.8 Å². The van der Waals surface area contributed by atoms with Crippen LogP contribution in [0.4, 0.5) is 0 Å². The van der Waals surface area contributed by atoms with Crippen LogP contribution < -0.4 is 0 Å². The van der Waals surface area contributed by atoms with Gasteiger partial charge in [-0.3, -0.25) is 4.79 Å². The molecule has 0 amide bonds. The lowest BCUT2D eigenvalue weighted by Gasteiger charge is -1.99. The van der Waals surface area contributed by atoms with Gasteiger partial charge in [-0.25, -0.2) is 4.79 Å². The van der Waals surface area contributed by atoms with Crippen molar-refractivity contribution in [2.75, 3.05) is 6.61 Å². The molecular formula is C13H11ClO4. The number of carbonyl (C=O) groups excluding carboxylic acids is 2. The predicted octanol–water partition coefficient (Wildman–Crippen LogP) is 3.38. The first-order valence-electron chi connectivity index (χ1n) is 5.44. The van der Waals surface area contributed by atoms with Crippen LogP contribution in [0.2, 0.25) is 5.02 Å². The summed E-state index contributed by atoms with van der Waals surface area (Å²) in [7, 11) is 0. The predicted molar refractivity (Wildman–Crippen MR) is 67.3 cm³/mol. The number of furan rings is 1. The molecule has 0 radical (unpaired) electrons. The first-order chi connectivity index (χ1) is 8.60. The third-order valence-corrected chi connectivity index (χ3v) is 3.06. The van der Waals surface area contributed by atoms with Gasteiger partial charge in [0, 0.05) is 16.5 Å². The Morgan fingerprint density at radius 1 is 1.50 bits per heavy atom. The lowest BCUT2D eigenvalue weighted by Crippen LogP contribution is -2.04. The summed E-state index contributed by atoms with van der Waals surface area (Å²) in [5.74, 6) is -0.410. The van der Waals surface area contributed by atoms with E-state index in [2.05, 4.69) is 0 Å². The molecule has 0 aliphatic rings. The van der Waals surface area contributed by atoms with Gasteiger partial charge in [0.25, 0.3) is 0 Å². The minimum absolute atomic E-state index is 0.122. The van der Waals surface area contributed by atoms with Gasteiger partial charge in [-0.05, 0) is 26.0 Å². The number of aldehydes is 1. The Hall–Kier alpha value is -1.81. The van der Waals surface area contributed by atoms with E-state index in [1.165, 1.54) is 0 Å². The molecule has 4 nitrogen and oxygen atoms in total. The van der Waals surface area contributed by atoms with E-state index in [4.69, 9.17) is 20.8 Å².